The molecule has 0 aliphatic rings. The topological polar surface area (TPSA) is 27.1 Å². The van der Waals surface area contributed by atoms with Gasteiger partial charge < -0.3 is 4.74 Å². The smallest absolute Gasteiger partial charge is 0.372 e. The highest BCUT2D eigenvalue weighted by Crippen LogP contribution is 2.21. The minimum Gasteiger partial charge on any atom is -0.372 e. The molecule has 7 heteroatoms. The maximum absolute atomic E-state index is 12.3. The Hall–Kier alpha value is -0.310. The molecule has 0 aliphatic carbocycles. The lowest BCUT2D eigenvalue weighted by Gasteiger charge is -2.13. The third-order valence-corrected chi connectivity index (χ3v) is 3.21. The molecule has 0 aromatic carbocycles. The second kappa shape index (κ2) is 6.03. The second-order valence-electron chi connectivity index (χ2n) is 3.74. The standard InChI is InChI=1S/C10H14F3IN2O/c1-3-7(2)17-5-9-8(14)4-15-16(9)6-10(11,12)13/h4,7H,3,5-6H2,1-2H3/t7-/m0/s1. The van der Waals surface area contributed by atoms with Crippen molar-refractivity contribution in [3.63, 3.8) is 0 Å². The Morgan fingerprint density at radius 2 is 2.18 bits per heavy atom. The van der Waals surface area contributed by atoms with Crippen molar-refractivity contribution < 1.29 is 17.9 Å². The number of hydrogen-bond acceptors (Lipinski definition) is 2. The lowest BCUT2D eigenvalue weighted by molar-refractivity contribution is -0.143. The summed E-state index contributed by atoms with van der Waals surface area (Å²) in [5.41, 5.74) is 0.475. The highest BCUT2D eigenvalue weighted by Gasteiger charge is 2.30. The highest BCUT2D eigenvalue weighted by atomic mass is 127. The molecule has 3 nitrogen and oxygen atoms in total. The van der Waals surface area contributed by atoms with Crippen LogP contribution >= 0.6 is 22.6 Å². The van der Waals surface area contributed by atoms with Crippen LogP contribution in [0.15, 0.2) is 6.20 Å². The number of alkyl halides is 3. The van der Waals surface area contributed by atoms with Crippen molar-refractivity contribution in [1.82, 2.24) is 9.78 Å². The van der Waals surface area contributed by atoms with Crippen LogP contribution in [0.3, 0.4) is 0 Å². The molecular weight excluding hydrogens is 348 g/mol. The van der Waals surface area contributed by atoms with Crippen LogP contribution in [0, 0.1) is 3.57 Å². The van der Waals surface area contributed by atoms with Gasteiger partial charge in [-0.15, -0.1) is 0 Å². The third kappa shape index (κ3) is 4.82. The zero-order chi connectivity index (χ0) is 13.1. The Labute approximate surface area is 111 Å². The number of nitrogens with zero attached hydrogens (tertiary/aromatic N) is 2. The minimum atomic E-state index is -4.26. The molecule has 1 aromatic rings. The zero-order valence-corrected chi connectivity index (χ0v) is 11.7. The van der Waals surface area contributed by atoms with Crippen molar-refractivity contribution in [2.75, 3.05) is 0 Å². The molecule has 0 bridgehead atoms. The first kappa shape index (κ1) is 14.7. The highest BCUT2D eigenvalue weighted by molar-refractivity contribution is 14.1. The maximum atomic E-state index is 12.3. The first-order valence-corrected chi connectivity index (χ1v) is 6.30. The van der Waals surface area contributed by atoms with Gasteiger partial charge in [0.1, 0.15) is 6.54 Å². The van der Waals surface area contributed by atoms with E-state index >= 15 is 0 Å². The van der Waals surface area contributed by atoms with Crippen molar-refractivity contribution in [3.05, 3.63) is 15.5 Å². The summed E-state index contributed by atoms with van der Waals surface area (Å²) in [6, 6.07) is 0. The number of ether oxygens (including phenoxy) is 1. The second-order valence-corrected chi connectivity index (χ2v) is 4.90. The van der Waals surface area contributed by atoms with Crippen molar-refractivity contribution in [2.45, 2.75) is 45.7 Å². The van der Waals surface area contributed by atoms with Gasteiger partial charge in [0.15, 0.2) is 0 Å². The number of hydrogen-bond donors (Lipinski definition) is 0. The van der Waals surface area contributed by atoms with Gasteiger partial charge in [0.25, 0.3) is 0 Å². The van der Waals surface area contributed by atoms with Gasteiger partial charge in [-0.05, 0) is 35.9 Å². The quantitative estimate of drug-likeness (QED) is 0.752. The summed E-state index contributed by atoms with van der Waals surface area (Å²) in [4.78, 5) is 0. The zero-order valence-electron chi connectivity index (χ0n) is 9.59. The normalized spacial score (nSPS) is 14.0. The summed E-state index contributed by atoms with van der Waals surface area (Å²) < 4.78 is 44.0. The summed E-state index contributed by atoms with van der Waals surface area (Å²) >= 11 is 1.96. The molecule has 0 saturated carbocycles. The van der Waals surface area contributed by atoms with E-state index in [1.54, 1.807) is 0 Å². The van der Waals surface area contributed by atoms with E-state index in [2.05, 4.69) is 5.10 Å². The molecule has 0 fully saturated rings. The van der Waals surface area contributed by atoms with Gasteiger partial charge in [-0.3, -0.25) is 4.68 Å². The molecule has 1 aromatic heterocycles. The molecule has 0 spiro atoms. The largest absolute Gasteiger partial charge is 0.408 e. The molecule has 0 unspecified atom stereocenters. The van der Waals surface area contributed by atoms with Gasteiger partial charge in [-0.1, -0.05) is 6.92 Å². The lowest BCUT2D eigenvalue weighted by Crippen LogP contribution is -2.21. The molecule has 1 heterocycles. The van der Waals surface area contributed by atoms with E-state index < -0.39 is 12.7 Å². The molecule has 0 radical (unpaired) electrons. The fourth-order valence-electron chi connectivity index (χ4n) is 1.18. The Morgan fingerprint density at radius 1 is 1.53 bits per heavy atom. The van der Waals surface area contributed by atoms with Crippen LogP contribution in [0.2, 0.25) is 0 Å². The van der Waals surface area contributed by atoms with Gasteiger partial charge in [0.05, 0.1) is 28.2 Å². The van der Waals surface area contributed by atoms with Crippen molar-refractivity contribution in [2.24, 2.45) is 0 Å². The van der Waals surface area contributed by atoms with Crippen LogP contribution in [0.25, 0.3) is 0 Å². The Bertz CT molecular complexity index is 365. The predicted octanol–water partition coefficient (Wildman–Crippen LogP) is 3.37. The number of rotatable bonds is 5. The van der Waals surface area contributed by atoms with E-state index in [9.17, 15) is 13.2 Å². The van der Waals surface area contributed by atoms with Crippen LogP contribution in [0.4, 0.5) is 13.2 Å². The Balaban J connectivity index is 2.73. The van der Waals surface area contributed by atoms with Gasteiger partial charge in [0, 0.05) is 0 Å². The van der Waals surface area contributed by atoms with E-state index in [0.717, 1.165) is 11.1 Å². The summed E-state index contributed by atoms with van der Waals surface area (Å²) in [5, 5.41) is 3.71. The molecule has 0 aliphatic heterocycles. The van der Waals surface area contributed by atoms with E-state index in [0.29, 0.717) is 9.26 Å². The fraction of sp³-hybridized carbons (Fsp3) is 0.700. The fourth-order valence-corrected chi connectivity index (χ4v) is 1.74. The van der Waals surface area contributed by atoms with E-state index in [1.165, 1.54) is 6.20 Å². The van der Waals surface area contributed by atoms with Crippen LogP contribution in [-0.2, 0) is 17.9 Å². The summed E-state index contributed by atoms with van der Waals surface area (Å²) in [6.45, 7) is 2.93. The molecule has 17 heavy (non-hydrogen) atoms. The average Bonchev–Trinajstić information content (AvgIpc) is 2.54. The predicted molar refractivity (Wildman–Crippen MR) is 65.5 cm³/mol. The van der Waals surface area contributed by atoms with Crippen LogP contribution in [0.1, 0.15) is 26.0 Å². The van der Waals surface area contributed by atoms with E-state index in [4.69, 9.17) is 4.74 Å². The van der Waals surface area contributed by atoms with Gasteiger partial charge in [-0.2, -0.15) is 18.3 Å². The lowest BCUT2D eigenvalue weighted by atomic mass is 10.3. The molecular formula is C10H14F3IN2O. The van der Waals surface area contributed by atoms with Crippen LogP contribution in [-0.4, -0.2) is 22.1 Å². The first-order valence-electron chi connectivity index (χ1n) is 5.22. The SMILES string of the molecule is CC[C@H](C)OCc1c(I)cnn1CC(F)(F)F. The van der Waals surface area contributed by atoms with Crippen molar-refractivity contribution in [1.29, 1.82) is 0 Å². The van der Waals surface area contributed by atoms with Crippen molar-refractivity contribution >= 4 is 22.6 Å². The van der Waals surface area contributed by atoms with E-state index in [1.807, 2.05) is 36.4 Å². The average molecular weight is 362 g/mol. The van der Waals surface area contributed by atoms with Gasteiger partial charge in [-0.25, -0.2) is 0 Å². The Kier molecular flexibility index (Phi) is 5.23. The maximum Gasteiger partial charge on any atom is 0.408 e. The van der Waals surface area contributed by atoms with Gasteiger partial charge >= 0.3 is 6.18 Å². The number of aromatic nitrogens is 2. The molecule has 98 valence electrons. The van der Waals surface area contributed by atoms with Crippen LogP contribution < -0.4 is 0 Å². The van der Waals surface area contributed by atoms with Gasteiger partial charge in [0.2, 0.25) is 0 Å². The summed E-state index contributed by atoms with van der Waals surface area (Å²) in [5.74, 6) is 0. The first-order chi connectivity index (χ1) is 7.83. The van der Waals surface area contributed by atoms with Crippen LogP contribution in [0.5, 0.6) is 0 Å². The molecule has 0 saturated heterocycles. The molecule has 1 atom stereocenters. The Morgan fingerprint density at radius 3 is 2.71 bits per heavy atom. The molecule has 1 rings (SSSR count). The summed E-state index contributed by atoms with van der Waals surface area (Å²) in [6.07, 6.45) is -1.99. The third-order valence-electron chi connectivity index (χ3n) is 2.31. The summed E-state index contributed by atoms with van der Waals surface area (Å²) in [7, 11) is 0. The minimum absolute atomic E-state index is 0.0278. The van der Waals surface area contributed by atoms with Crippen molar-refractivity contribution in [3.8, 4) is 0 Å². The number of halogens is 4. The molecule has 0 N–H and O–H groups in total. The van der Waals surface area contributed by atoms with E-state index in [-0.39, 0.29) is 12.7 Å². The molecule has 0 amide bonds. The monoisotopic (exact) mass is 362 g/mol.